The minimum atomic E-state index is 0.0630. The van der Waals surface area contributed by atoms with Crippen molar-refractivity contribution in [2.75, 3.05) is 4.90 Å². The first kappa shape index (κ1) is 27.7. The van der Waals surface area contributed by atoms with Crippen LogP contribution in [0, 0.1) is 0 Å². The van der Waals surface area contributed by atoms with E-state index in [4.69, 9.17) is 8.83 Å². The Morgan fingerprint density at radius 3 is 1.77 bits per heavy atom. The zero-order valence-electron chi connectivity index (χ0n) is 28.4. The lowest BCUT2D eigenvalue weighted by atomic mass is 9.37. The zero-order chi connectivity index (χ0) is 34.4. The minimum Gasteiger partial charge on any atom is -0.456 e. The Kier molecular flexibility index (Phi) is 5.16. The Hall–Kier alpha value is -6.98. The summed E-state index contributed by atoms with van der Waals surface area (Å²) in [5, 5.41) is 6.94. The first-order valence-corrected chi connectivity index (χ1v) is 18.2. The second-order valence-corrected chi connectivity index (χ2v) is 14.4. The van der Waals surface area contributed by atoms with E-state index >= 15 is 0 Å². The molecule has 13 rings (SSSR count). The Balaban J connectivity index is 1.24. The number of hydrogen-bond donors (Lipinski definition) is 0. The molecular formula is C48H27BN2O2. The molecular weight excluding hydrogens is 647 g/mol. The molecule has 0 unspecified atom stereocenters. The van der Waals surface area contributed by atoms with E-state index in [2.05, 4.69) is 167 Å². The molecule has 53 heavy (non-hydrogen) atoms. The second kappa shape index (κ2) is 9.87. The van der Waals surface area contributed by atoms with Gasteiger partial charge in [-0.2, -0.15) is 0 Å². The van der Waals surface area contributed by atoms with E-state index in [0.29, 0.717) is 0 Å². The van der Waals surface area contributed by atoms with Gasteiger partial charge in [0, 0.05) is 32.9 Å². The lowest BCUT2D eigenvalue weighted by Gasteiger charge is -2.37. The van der Waals surface area contributed by atoms with Gasteiger partial charge >= 0.3 is 0 Å². The number of hydrogen-bond acceptors (Lipinski definition) is 3. The first-order valence-electron chi connectivity index (χ1n) is 18.2. The summed E-state index contributed by atoms with van der Waals surface area (Å²) in [6.07, 6.45) is 0. The van der Waals surface area contributed by atoms with E-state index in [1.54, 1.807) is 0 Å². The Labute approximate surface area is 303 Å². The summed E-state index contributed by atoms with van der Waals surface area (Å²) >= 11 is 0. The number of fused-ring (bicyclic) bond motifs is 15. The number of benzene rings is 8. The maximum atomic E-state index is 6.61. The standard InChI is InChI=1S/C48H27BN2O2/c1-6-17-35-29(12-1)34-26-28(50-37-18-7-2-13-30(37)31-14-3-8-19-38(31)50)27-40-47(34)49(35)36-24-25-44-46(33-16-5-10-22-42(33)53-44)48(36)51(40)39-20-11-23-43-45(39)32-15-4-9-21-41(32)52-43/h1-27H. The van der Waals surface area contributed by atoms with E-state index in [0.717, 1.165) is 60.9 Å². The van der Waals surface area contributed by atoms with Gasteiger partial charge in [-0.1, -0.05) is 115 Å². The molecule has 0 fully saturated rings. The predicted molar refractivity (Wildman–Crippen MR) is 220 cm³/mol. The minimum absolute atomic E-state index is 0.0630. The number of nitrogens with zero attached hydrogens (tertiary/aromatic N) is 2. The first-order chi connectivity index (χ1) is 26.3. The summed E-state index contributed by atoms with van der Waals surface area (Å²) < 4.78 is 15.6. The molecule has 0 aliphatic carbocycles. The van der Waals surface area contributed by atoms with Gasteiger partial charge in [0.25, 0.3) is 0 Å². The van der Waals surface area contributed by atoms with Crippen molar-refractivity contribution in [2.24, 2.45) is 0 Å². The van der Waals surface area contributed by atoms with Crippen LogP contribution in [0.5, 0.6) is 0 Å². The molecule has 5 heterocycles. The molecule has 0 amide bonds. The van der Waals surface area contributed by atoms with Crippen molar-refractivity contribution in [1.29, 1.82) is 0 Å². The number of anilines is 3. The molecule has 0 N–H and O–H groups in total. The molecule has 0 atom stereocenters. The molecule has 244 valence electrons. The van der Waals surface area contributed by atoms with Gasteiger partial charge in [-0.15, -0.1) is 0 Å². The van der Waals surface area contributed by atoms with Crippen molar-refractivity contribution in [1.82, 2.24) is 4.57 Å². The van der Waals surface area contributed by atoms with Crippen molar-refractivity contribution < 1.29 is 8.83 Å². The normalized spacial score (nSPS) is 13.2. The maximum absolute atomic E-state index is 6.61. The van der Waals surface area contributed by atoms with E-state index in [9.17, 15) is 0 Å². The maximum Gasteiger partial charge on any atom is 0.248 e. The third-order valence-electron chi connectivity index (χ3n) is 11.8. The molecule has 8 aromatic carbocycles. The number of para-hydroxylation sites is 4. The van der Waals surface area contributed by atoms with Crippen molar-refractivity contribution in [3.8, 4) is 16.8 Å². The lowest BCUT2D eigenvalue weighted by molar-refractivity contribution is 0.669. The fourth-order valence-electron chi connectivity index (χ4n) is 9.74. The molecule has 11 aromatic rings. The van der Waals surface area contributed by atoms with Gasteiger partial charge in [0.2, 0.25) is 6.71 Å². The number of furan rings is 2. The van der Waals surface area contributed by atoms with Crippen LogP contribution in [0.15, 0.2) is 173 Å². The fourth-order valence-corrected chi connectivity index (χ4v) is 9.74. The zero-order valence-corrected chi connectivity index (χ0v) is 28.4. The van der Waals surface area contributed by atoms with Crippen LogP contribution in [0.2, 0.25) is 0 Å². The highest BCUT2D eigenvalue weighted by Crippen LogP contribution is 2.50. The van der Waals surface area contributed by atoms with E-state index in [1.165, 1.54) is 55.0 Å². The summed E-state index contributed by atoms with van der Waals surface area (Å²) in [5.74, 6) is 0. The smallest absolute Gasteiger partial charge is 0.248 e. The van der Waals surface area contributed by atoms with Crippen LogP contribution in [-0.4, -0.2) is 11.3 Å². The molecule has 3 aromatic heterocycles. The second-order valence-electron chi connectivity index (χ2n) is 14.4. The Morgan fingerprint density at radius 2 is 1.02 bits per heavy atom. The van der Waals surface area contributed by atoms with Gasteiger partial charge in [0.05, 0.1) is 33.2 Å². The van der Waals surface area contributed by atoms with Gasteiger partial charge in [0.15, 0.2) is 0 Å². The monoisotopic (exact) mass is 674 g/mol. The topological polar surface area (TPSA) is 34.5 Å². The highest BCUT2D eigenvalue weighted by molar-refractivity contribution is 7.01. The summed E-state index contributed by atoms with van der Waals surface area (Å²) in [6.45, 7) is 0.0630. The average Bonchev–Trinajstić information content (AvgIpc) is 3.96. The van der Waals surface area contributed by atoms with Crippen molar-refractivity contribution in [2.45, 2.75) is 0 Å². The number of aromatic nitrogens is 1. The van der Waals surface area contributed by atoms with Crippen LogP contribution in [0.4, 0.5) is 17.1 Å². The summed E-state index contributed by atoms with van der Waals surface area (Å²) in [7, 11) is 0. The van der Waals surface area contributed by atoms with Crippen molar-refractivity contribution >= 4 is 106 Å². The molecule has 0 spiro atoms. The molecule has 2 aliphatic heterocycles. The molecule has 5 heteroatoms. The van der Waals surface area contributed by atoms with E-state index in [-0.39, 0.29) is 6.71 Å². The Bertz CT molecular complexity index is 3330. The SMILES string of the molecule is c1ccc2c(c1)B1c3ccc4oc5ccccc5c4c3N(c3cccc4oc5ccccc5c34)c3cc(-n4c5ccccc5c5ccccc54)cc-2c31. The highest BCUT2D eigenvalue weighted by Gasteiger charge is 2.44. The third kappa shape index (κ3) is 3.47. The summed E-state index contributed by atoms with van der Waals surface area (Å²) in [6, 6.07) is 59.2. The molecule has 0 saturated carbocycles. The van der Waals surface area contributed by atoms with Crippen LogP contribution >= 0.6 is 0 Å². The lowest BCUT2D eigenvalue weighted by Crippen LogP contribution is -2.54. The summed E-state index contributed by atoms with van der Waals surface area (Å²) in [4.78, 5) is 2.53. The molecule has 4 nitrogen and oxygen atoms in total. The predicted octanol–water partition coefficient (Wildman–Crippen LogP) is 10.9. The fraction of sp³-hybridized carbons (Fsp3) is 0. The quantitative estimate of drug-likeness (QED) is 0.171. The van der Waals surface area contributed by atoms with Gasteiger partial charge < -0.3 is 18.3 Å². The van der Waals surface area contributed by atoms with Gasteiger partial charge in [-0.3, -0.25) is 0 Å². The molecule has 0 saturated heterocycles. The van der Waals surface area contributed by atoms with Gasteiger partial charge in [0.1, 0.15) is 22.3 Å². The third-order valence-corrected chi connectivity index (χ3v) is 11.8. The molecule has 0 radical (unpaired) electrons. The van der Waals surface area contributed by atoms with Gasteiger partial charge in [-0.05, 0) is 76.6 Å². The summed E-state index contributed by atoms with van der Waals surface area (Å²) in [5.41, 5.74) is 17.0. The number of rotatable bonds is 2. The van der Waals surface area contributed by atoms with E-state index in [1.807, 2.05) is 6.07 Å². The van der Waals surface area contributed by atoms with Crippen LogP contribution in [0.1, 0.15) is 0 Å². The molecule has 2 aliphatic rings. The van der Waals surface area contributed by atoms with Crippen LogP contribution in [-0.2, 0) is 0 Å². The Morgan fingerprint density at radius 1 is 0.415 bits per heavy atom. The van der Waals surface area contributed by atoms with Gasteiger partial charge in [-0.25, -0.2) is 0 Å². The van der Waals surface area contributed by atoms with Crippen LogP contribution < -0.4 is 21.3 Å². The van der Waals surface area contributed by atoms with Crippen molar-refractivity contribution in [3.05, 3.63) is 164 Å². The molecule has 0 bridgehead atoms. The largest absolute Gasteiger partial charge is 0.456 e. The van der Waals surface area contributed by atoms with E-state index < -0.39 is 0 Å². The van der Waals surface area contributed by atoms with Crippen molar-refractivity contribution in [3.63, 3.8) is 0 Å². The van der Waals surface area contributed by atoms with Crippen LogP contribution in [0.25, 0.3) is 82.5 Å². The average molecular weight is 675 g/mol. The highest BCUT2D eigenvalue weighted by atomic mass is 16.3. The van der Waals surface area contributed by atoms with Crippen LogP contribution in [0.3, 0.4) is 0 Å².